The summed E-state index contributed by atoms with van der Waals surface area (Å²) >= 11 is 0. The van der Waals surface area contributed by atoms with Crippen molar-refractivity contribution in [2.75, 3.05) is 13.2 Å². The summed E-state index contributed by atoms with van der Waals surface area (Å²) in [6.45, 7) is -0.250. The van der Waals surface area contributed by atoms with Crippen molar-refractivity contribution in [3.63, 3.8) is 0 Å². The highest BCUT2D eigenvalue weighted by Crippen LogP contribution is 2.15. The molecule has 3 rings (SSSR count). The Hall–Kier alpha value is -5.20. The van der Waals surface area contributed by atoms with E-state index < -0.39 is 35.8 Å². The zero-order valence-electron chi connectivity index (χ0n) is 19.4. The van der Waals surface area contributed by atoms with Crippen molar-refractivity contribution in [1.82, 2.24) is 0 Å². The van der Waals surface area contributed by atoms with Gasteiger partial charge >= 0.3 is 35.8 Å². The lowest BCUT2D eigenvalue weighted by Crippen LogP contribution is -2.19. The van der Waals surface area contributed by atoms with Crippen LogP contribution < -0.4 is 0 Å². The molecule has 0 atom stereocenters. The second kappa shape index (κ2) is 13.8. The van der Waals surface area contributed by atoms with Crippen LogP contribution in [0.4, 0.5) is 0 Å². The Morgan fingerprint density at radius 3 is 1.03 bits per heavy atom. The molecule has 0 fully saturated rings. The molecule has 0 saturated heterocycles. The van der Waals surface area contributed by atoms with E-state index in [4.69, 9.17) is 29.9 Å². The van der Waals surface area contributed by atoms with Crippen LogP contribution in [0.25, 0.3) is 0 Å². The largest absolute Gasteiger partial charge is 0.478 e. The maximum Gasteiger partial charge on any atom is 0.346 e. The van der Waals surface area contributed by atoms with Gasteiger partial charge < -0.3 is 29.9 Å². The molecule has 0 aliphatic carbocycles. The van der Waals surface area contributed by atoms with Crippen molar-refractivity contribution in [1.29, 1.82) is 0 Å². The van der Waals surface area contributed by atoms with Gasteiger partial charge in [-0.15, -0.1) is 0 Å². The lowest BCUT2D eigenvalue weighted by atomic mass is 10.1. The first-order chi connectivity index (χ1) is 18.1. The molecule has 12 nitrogen and oxygen atoms in total. The highest BCUT2D eigenvalue weighted by Gasteiger charge is 2.24. The van der Waals surface area contributed by atoms with Gasteiger partial charge in [0.1, 0.15) is 0 Å². The van der Waals surface area contributed by atoms with E-state index in [2.05, 4.69) is 0 Å². The summed E-state index contributed by atoms with van der Waals surface area (Å²) in [6.07, 6.45) is 0. The maximum absolute atomic E-state index is 12.5. The average molecular weight is 524 g/mol. The summed E-state index contributed by atoms with van der Waals surface area (Å²) < 4.78 is 9.53. The molecule has 0 aliphatic heterocycles. The van der Waals surface area contributed by atoms with Gasteiger partial charge in [-0.25, -0.2) is 28.8 Å². The van der Waals surface area contributed by atoms with Gasteiger partial charge in [0.2, 0.25) is 0 Å². The number of rotatable bonds is 7. The number of carbonyl (C=O) groups excluding carboxylic acids is 4. The third kappa shape index (κ3) is 7.91. The number of hydrogen-bond acceptors (Lipinski definition) is 10. The van der Waals surface area contributed by atoms with Crippen LogP contribution in [0, 0.1) is 0 Å². The van der Waals surface area contributed by atoms with Gasteiger partial charge in [0, 0.05) is 0 Å². The predicted molar refractivity (Wildman–Crippen MR) is 127 cm³/mol. The summed E-state index contributed by atoms with van der Waals surface area (Å²) in [7, 11) is 0. The van der Waals surface area contributed by atoms with Gasteiger partial charge in [-0.3, -0.25) is 0 Å². The quantitative estimate of drug-likeness (QED) is 0.259. The van der Waals surface area contributed by atoms with Crippen molar-refractivity contribution in [2.24, 2.45) is 0 Å². The third-order valence-electron chi connectivity index (χ3n) is 4.57. The number of aliphatic hydroxyl groups excluding tert-OH is 2. The minimum Gasteiger partial charge on any atom is -0.478 e. The van der Waals surface area contributed by atoms with Crippen LogP contribution in [-0.2, 0) is 9.47 Å². The van der Waals surface area contributed by atoms with E-state index in [1.165, 1.54) is 24.3 Å². The fourth-order valence-corrected chi connectivity index (χ4v) is 2.73. The number of esters is 4. The Kier molecular flexibility index (Phi) is 10.5. The maximum atomic E-state index is 12.5. The van der Waals surface area contributed by atoms with Gasteiger partial charge in [-0.05, 0) is 60.7 Å². The molecule has 38 heavy (non-hydrogen) atoms. The fraction of sp³-hybridized carbons (Fsp3) is 0.0769. The summed E-state index contributed by atoms with van der Waals surface area (Å²) in [5, 5.41) is 33.0. The first-order valence-corrected chi connectivity index (χ1v) is 10.6. The van der Waals surface area contributed by atoms with Crippen molar-refractivity contribution in [3.8, 4) is 0 Å². The van der Waals surface area contributed by atoms with Crippen LogP contribution in [0.2, 0.25) is 0 Å². The second-order valence-corrected chi connectivity index (χ2v) is 7.11. The predicted octanol–water partition coefficient (Wildman–Crippen LogP) is 2.05. The van der Waals surface area contributed by atoms with E-state index in [0.717, 1.165) is 48.5 Å². The van der Waals surface area contributed by atoms with E-state index in [9.17, 15) is 28.8 Å². The van der Waals surface area contributed by atoms with Gasteiger partial charge in [0.25, 0.3) is 0 Å². The molecule has 0 bridgehead atoms. The monoisotopic (exact) mass is 524 g/mol. The number of aliphatic hydroxyl groups is 2. The molecule has 0 aliphatic rings. The smallest absolute Gasteiger partial charge is 0.346 e. The number of carboxylic acids is 2. The molecule has 3 aromatic rings. The van der Waals surface area contributed by atoms with E-state index in [1.54, 1.807) is 0 Å². The van der Waals surface area contributed by atoms with Crippen molar-refractivity contribution < 1.29 is 58.7 Å². The van der Waals surface area contributed by atoms with Crippen molar-refractivity contribution >= 4 is 35.8 Å². The van der Waals surface area contributed by atoms with Crippen LogP contribution in [0.3, 0.4) is 0 Å². The summed E-state index contributed by atoms with van der Waals surface area (Å²) in [5.41, 5.74) is -1.04. The number of hydrogen-bond donors (Lipinski definition) is 4. The van der Waals surface area contributed by atoms with Gasteiger partial charge in [0.15, 0.2) is 0 Å². The number of benzene rings is 3. The number of aromatic carboxylic acids is 2. The lowest BCUT2D eigenvalue weighted by molar-refractivity contribution is 0.0356. The molecular formula is C26H20O12. The Morgan fingerprint density at radius 2 is 0.763 bits per heavy atom. The van der Waals surface area contributed by atoms with Crippen LogP contribution in [0.1, 0.15) is 62.1 Å². The zero-order valence-corrected chi connectivity index (χ0v) is 19.4. The fourth-order valence-electron chi connectivity index (χ4n) is 2.73. The normalized spacial score (nSPS) is 9.84. The van der Waals surface area contributed by atoms with Crippen LogP contribution in [0.5, 0.6) is 0 Å². The molecule has 196 valence electrons. The van der Waals surface area contributed by atoms with Crippen molar-refractivity contribution in [3.05, 3.63) is 106 Å². The van der Waals surface area contributed by atoms with E-state index in [1.807, 2.05) is 0 Å². The van der Waals surface area contributed by atoms with Crippen LogP contribution >= 0.6 is 0 Å². The average Bonchev–Trinajstić information content (AvgIpc) is 2.93. The summed E-state index contributed by atoms with van der Waals surface area (Å²) in [5.74, 6) is -6.96. The molecule has 0 amide bonds. The molecule has 0 unspecified atom stereocenters. The standard InChI is InChI=1S/C24H14O10.C2H6O2/c25-19(26)13-5-9-15(10-6-13)21(29)33-23(31)17-3-1-2-4-18(17)24(32)34-22(30)16-11-7-14(8-12-16)20(27)28;3-1-2-4/h1-12H,(H,25,26)(H,27,28);3-4H,1-2H2. The molecule has 12 heteroatoms. The van der Waals surface area contributed by atoms with Gasteiger partial charge in [-0.2, -0.15) is 0 Å². The third-order valence-corrected chi connectivity index (χ3v) is 4.57. The molecular weight excluding hydrogens is 504 g/mol. The lowest BCUT2D eigenvalue weighted by Gasteiger charge is -2.08. The number of carbonyl (C=O) groups is 6. The molecule has 3 aromatic carbocycles. The molecule has 0 heterocycles. The van der Waals surface area contributed by atoms with E-state index in [-0.39, 0.29) is 46.6 Å². The van der Waals surface area contributed by atoms with Gasteiger partial charge in [0.05, 0.1) is 46.6 Å². The van der Waals surface area contributed by atoms with Crippen LogP contribution in [0.15, 0.2) is 72.8 Å². The number of ether oxygens (including phenoxy) is 2. The highest BCUT2D eigenvalue weighted by molar-refractivity contribution is 6.11. The molecule has 0 radical (unpaired) electrons. The Bertz CT molecular complexity index is 1240. The first kappa shape index (κ1) is 29.0. The molecule has 4 N–H and O–H groups in total. The van der Waals surface area contributed by atoms with E-state index in [0.29, 0.717) is 0 Å². The minimum atomic E-state index is -1.20. The topological polar surface area (TPSA) is 202 Å². The van der Waals surface area contributed by atoms with E-state index >= 15 is 0 Å². The highest BCUT2D eigenvalue weighted by atomic mass is 16.6. The zero-order chi connectivity index (χ0) is 28.2. The molecule has 0 aromatic heterocycles. The van der Waals surface area contributed by atoms with Crippen LogP contribution in [-0.4, -0.2) is 69.5 Å². The number of carboxylic acid groups (broad SMARTS) is 2. The molecule has 0 spiro atoms. The summed E-state index contributed by atoms with van der Waals surface area (Å²) in [4.78, 5) is 71.2. The minimum absolute atomic E-state index is 0.0711. The van der Waals surface area contributed by atoms with Gasteiger partial charge in [-0.1, -0.05) is 12.1 Å². The molecule has 0 saturated carbocycles. The second-order valence-electron chi connectivity index (χ2n) is 7.11. The SMILES string of the molecule is O=C(O)c1ccc(C(=O)OC(=O)c2ccccc2C(=O)OC(=O)c2ccc(C(=O)O)cc2)cc1.OCCO. The Morgan fingerprint density at radius 1 is 0.474 bits per heavy atom. The Labute approximate surface area is 214 Å². The summed E-state index contributed by atoms with van der Waals surface area (Å²) in [6, 6.07) is 14.4. The first-order valence-electron chi connectivity index (χ1n) is 10.6. The Balaban J connectivity index is 0.00000118. The van der Waals surface area contributed by atoms with Crippen molar-refractivity contribution in [2.45, 2.75) is 0 Å².